The number of aromatic carboxylic acids is 1. The molecule has 0 heterocycles. The Bertz CT molecular complexity index is 352. The summed E-state index contributed by atoms with van der Waals surface area (Å²) in [6.07, 6.45) is 0. The first kappa shape index (κ1) is 11.7. The van der Waals surface area contributed by atoms with Gasteiger partial charge >= 0.3 is 5.97 Å². The third kappa shape index (κ3) is 2.34. The van der Waals surface area contributed by atoms with Crippen molar-refractivity contribution in [1.82, 2.24) is 0 Å². The summed E-state index contributed by atoms with van der Waals surface area (Å²) in [7, 11) is 2.71. The van der Waals surface area contributed by atoms with Crippen molar-refractivity contribution in [1.29, 1.82) is 0 Å². The maximum absolute atomic E-state index is 10.9. The number of methoxy groups -OCH3 is 2. The van der Waals surface area contributed by atoms with Gasteiger partial charge in [-0.05, 0) is 12.1 Å². The average Bonchev–Trinajstić information content (AvgIpc) is 2.26. The highest BCUT2D eigenvalue weighted by atomic mass is 32.2. The minimum atomic E-state index is -1.14. The Kier molecular flexibility index (Phi) is 3.81. The molecule has 0 aliphatic heterocycles. The number of benzene rings is 1. The summed E-state index contributed by atoms with van der Waals surface area (Å²) in [5, 5.41) is 8.94. The van der Waals surface area contributed by atoms with E-state index in [4.69, 9.17) is 19.1 Å². The maximum Gasteiger partial charge on any atom is 0.343 e. The van der Waals surface area contributed by atoms with Crippen LogP contribution in [0.4, 0.5) is 0 Å². The minimum absolute atomic E-state index is 0.0576. The van der Waals surface area contributed by atoms with Crippen LogP contribution in [-0.2, 0) is 0 Å². The highest BCUT2D eigenvalue weighted by molar-refractivity contribution is 7.93. The fourth-order valence-electron chi connectivity index (χ4n) is 1.15. The SMILES string of the molecule is COc1cc(SO)cc(OC)c1C(=O)O. The first-order chi connectivity index (χ1) is 7.13. The smallest absolute Gasteiger partial charge is 0.343 e. The van der Waals surface area contributed by atoms with Gasteiger partial charge in [0.2, 0.25) is 0 Å². The second-order valence-electron chi connectivity index (χ2n) is 2.60. The lowest BCUT2D eigenvalue weighted by Gasteiger charge is -2.10. The molecule has 82 valence electrons. The van der Waals surface area contributed by atoms with Crippen molar-refractivity contribution in [2.24, 2.45) is 0 Å². The van der Waals surface area contributed by atoms with Gasteiger partial charge in [0, 0.05) is 16.9 Å². The van der Waals surface area contributed by atoms with Gasteiger partial charge in [0.1, 0.15) is 17.1 Å². The Morgan fingerprint density at radius 1 is 1.27 bits per heavy atom. The molecule has 6 heteroatoms. The number of carbonyl (C=O) groups is 1. The summed E-state index contributed by atoms with van der Waals surface area (Å²) in [5.74, 6) is -0.838. The second kappa shape index (κ2) is 4.90. The molecule has 0 amide bonds. The Labute approximate surface area is 90.8 Å². The summed E-state index contributed by atoms with van der Waals surface area (Å²) in [4.78, 5) is 11.4. The highest BCUT2D eigenvalue weighted by Gasteiger charge is 2.18. The van der Waals surface area contributed by atoms with Crippen LogP contribution in [0, 0.1) is 0 Å². The molecule has 0 bridgehead atoms. The van der Waals surface area contributed by atoms with E-state index in [0.29, 0.717) is 16.9 Å². The molecular formula is C9H10O5S. The van der Waals surface area contributed by atoms with E-state index in [1.165, 1.54) is 26.4 Å². The number of hydrogen-bond acceptors (Lipinski definition) is 5. The molecule has 0 atom stereocenters. The molecule has 0 aliphatic carbocycles. The Morgan fingerprint density at radius 2 is 1.73 bits per heavy atom. The molecule has 5 nitrogen and oxygen atoms in total. The van der Waals surface area contributed by atoms with Gasteiger partial charge < -0.3 is 19.1 Å². The van der Waals surface area contributed by atoms with Crippen molar-refractivity contribution in [3.63, 3.8) is 0 Å². The number of rotatable bonds is 4. The van der Waals surface area contributed by atoms with Crippen molar-refractivity contribution in [3.05, 3.63) is 17.7 Å². The number of carboxylic acids is 1. The van der Waals surface area contributed by atoms with Crippen LogP contribution < -0.4 is 9.47 Å². The van der Waals surface area contributed by atoms with E-state index in [-0.39, 0.29) is 17.1 Å². The van der Waals surface area contributed by atoms with Crippen molar-refractivity contribution in [3.8, 4) is 11.5 Å². The molecule has 0 aromatic heterocycles. The van der Waals surface area contributed by atoms with Crippen molar-refractivity contribution in [2.75, 3.05) is 14.2 Å². The van der Waals surface area contributed by atoms with Crippen LogP contribution in [0.25, 0.3) is 0 Å². The summed E-state index contributed by atoms with van der Waals surface area (Å²) >= 11 is 0.495. The molecule has 0 saturated heterocycles. The molecule has 0 unspecified atom stereocenters. The fourth-order valence-corrected chi connectivity index (χ4v) is 1.47. The molecule has 1 aromatic rings. The van der Waals surface area contributed by atoms with Gasteiger partial charge in [-0.2, -0.15) is 0 Å². The van der Waals surface area contributed by atoms with E-state index in [2.05, 4.69) is 0 Å². The third-order valence-corrected chi connectivity index (χ3v) is 2.25. The summed E-state index contributed by atoms with van der Waals surface area (Å²) in [5.41, 5.74) is -0.0576. The Hall–Kier alpha value is -1.40. The van der Waals surface area contributed by atoms with E-state index < -0.39 is 5.97 Å². The predicted octanol–water partition coefficient (Wildman–Crippen LogP) is 1.97. The van der Waals surface area contributed by atoms with Gasteiger partial charge in [0.25, 0.3) is 0 Å². The van der Waals surface area contributed by atoms with Crippen LogP contribution in [0.1, 0.15) is 10.4 Å². The van der Waals surface area contributed by atoms with Gasteiger partial charge in [0.15, 0.2) is 0 Å². The first-order valence-corrected chi connectivity index (χ1v) is 4.72. The molecular weight excluding hydrogens is 220 g/mol. The lowest BCUT2D eigenvalue weighted by Crippen LogP contribution is -2.04. The van der Waals surface area contributed by atoms with Crippen LogP contribution in [0.2, 0.25) is 0 Å². The standard InChI is InChI=1S/C9H10O5S/c1-13-6-3-5(15-12)4-7(14-2)8(6)9(10)11/h3-4,12H,1-2H3,(H,10,11). The third-order valence-electron chi connectivity index (χ3n) is 1.80. The Morgan fingerprint density at radius 3 is 2.00 bits per heavy atom. The predicted molar refractivity (Wildman–Crippen MR) is 55.0 cm³/mol. The van der Waals surface area contributed by atoms with Gasteiger partial charge in [0.05, 0.1) is 14.2 Å². The average molecular weight is 230 g/mol. The molecule has 0 saturated carbocycles. The van der Waals surface area contributed by atoms with Crippen LogP contribution in [0.3, 0.4) is 0 Å². The normalized spacial score (nSPS) is 9.80. The number of carboxylic acid groups (broad SMARTS) is 1. The molecule has 2 N–H and O–H groups in total. The van der Waals surface area contributed by atoms with Crippen LogP contribution in [-0.4, -0.2) is 29.8 Å². The number of hydrogen-bond donors (Lipinski definition) is 2. The van der Waals surface area contributed by atoms with E-state index in [0.717, 1.165) is 0 Å². The molecule has 0 fully saturated rings. The lowest BCUT2D eigenvalue weighted by molar-refractivity contribution is 0.0689. The molecule has 0 radical (unpaired) electrons. The topological polar surface area (TPSA) is 76.0 Å². The largest absolute Gasteiger partial charge is 0.496 e. The lowest BCUT2D eigenvalue weighted by atomic mass is 10.2. The van der Waals surface area contributed by atoms with Gasteiger partial charge in [-0.25, -0.2) is 4.79 Å². The summed E-state index contributed by atoms with van der Waals surface area (Å²) < 4.78 is 18.7. The minimum Gasteiger partial charge on any atom is -0.496 e. The molecule has 15 heavy (non-hydrogen) atoms. The molecule has 0 aliphatic rings. The van der Waals surface area contributed by atoms with E-state index in [1.807, 2.05) is 0 Å². The van der Waals surface area contributed by atoms with Crippen molar-refractivity contribution in [2.45, 2.75) is 4.90 Å². The zero-order valence-corrected chi connectivity index (χ0v) is 9.00. The summed E-state index contributed by atoms with van der Waals surface area (Å²) in [6, 6.07) is 2.85. The van der Waals surface area contributed by atoms with E-state index >= 15 is 0 Å². The van der Waals surface area contributed by atoms with E-state index in [1.54, 1.807) is 0 Å². The van der Waals surface area contributed by atoms with E-state index in [9.17, 15) is 4.79 Å². The maximum atomic E-state index is 10.9. The zero-order chi connectivity index (χ0) is 11.4. The fraction of sp³-hybridized carbons (Fsp3) is 0.222. The molecule has 1 aromatic carbocycles. The highest BCUT2D eigenvalue weighted by Crippen LogP contribution is 2.33. The zero-order valence-electron chi connectivity index (χ0n) is 8.18. The monoisotopic (exact) mass is 230 g/mol. The van der Waals surface area contributed by atoms with Gasteiger partial charge in [-0.15, -0.1) is 0 Å². The van der Waals surface area contributed by atoms with Crippen molar-refractivity contribution < 1.29 is 23.9 Å². The molecule has 0 spiro atoms. The van der Waals surface area contributed by atoms with Gasteiger partial charge in [-0.3, -0.25) is 0 Å². The van der Waals surface area contributed by atoms with Crippen molar-refractivity contribution >= 4 is 18.0 Å². The first-order valence-electron chi connectivity index (χ1n) is 3.94. The quantitative estimate of drug-likeness (QED) is 0.770. The van der Waals surface area contributed by atoms with Gasteiger partial charge in [-0.1, -0.05) is 0 Å². The van der Waals surface area contributed by atoms with Crippen LogP contribution >= 0.6 is 12.0 Å². The van der Waals surface area contributed by atoms with Crippen LogP contribution in [0.15, 0.2) is 17.0 Å². The second-order valence-corrected chi connectivity index (χ2v) is 3.25. The Balaban J connectivity index is 3.39. The summed E-state index contributed by atoms with van der Waals surface area (Å²) in [6.45, 7) is 0. The van der Waals surface area contributed by atoms with Crippen LogP contribution in [0.5, 0.6) is 11.5 Å². The molecule has 1 rings (SSSR count). The number of ether oxygens (including phenoxy) is 2.